The second kappa shape index (κ2) is 10.8. The van der Waals surface area contributed by atoms with Gasteiger partial charge in [-0.3, -0.25) is 9.59 Å². The van der Waals surface area contributed by atoms with E-state index in [1.165, 1.54) is 22.1 Å². The molecule has 0 atom stereocenters. The first kappa shape index (κ1) is 23.2. The average Bonchev–Trinajstić information content (AvgIpc) is 3.34. The maximum absolute atomic E-state index is 12.4. The van der Waals surface area contributed by atoms with Crippen LogP contribution in [-0.4, -0.2) is 41.4 Å². The molecule has 8 nitrogen and oxygen atoms in total. The number of thiazole rings is 1. The van der Waals surface area contributed by atoms with Gasteiger partial charge >= 0.3 is 0 Å². The number of benzene rings is 2. The number of nitrogens with zero attached hydrogens (tertiary/aromatic N) is 3. The lowest BCUT2D eigenvalue weighted by atomic mass is 10.1. The monoisotopic (exact) mass is 476 g/mol. The molecule has 0 saturated carbocycles. The lowest BCUT2D eigenvalue weighted by molar-refractivity contribution is -0.121. The van der Waals surface area contributed by atoms with E-state index < -0.39 is 0 Å². The van der Waals surface area contributed by atoms with Crippen LogP contribution in [0.5, 0.6) is 11.5 Å². The van der Waals surface area contributed by atoms with E-state index in [1.807, 2.05) is 53.9 Å². The molecule has 0 aliphatic rings. The van der Waals surface area contributed by atoms with E-state index in [0.29, 0.717) is 30.2 Å². The molecule has 0 radical (unpaired) electrons. The Morgan fingerprint density at radius 3 is 2.56 bits per heavy atom. The van der Waals surface area contributed by atoms with Gasteiger partial charge in [0.15, 0.2) is 11.5 Å². The maximum atomic E-state index is 12.4. The van der Waals surface area contributed by atoms with Gasteiger partial charge in [-0.1, -0.05) is 30.3 Å². The Bertz CT molecular complexity index is 1330. The molecule has 2 heterocycles. The number of ether oxygens (including phenoxy) is 2. The van der Waals surface area contributed by atoms with Crippen molar-refractivity contribution in [3.63, 3.8) is 0 Å². The fraction of sp³-hybridized carbons (Fsp3) is 0.200. The molecule has 4 rings (SSSR count). The number of carbonyl (C=O) groups excluding carboxylic acids is 1. The highest BCUT2D eigenvalue weighted by atomic mass is 32.1. The Hall–Kier alpha value is -3.98. The molecule has 0 unspecified atom stereocenters. The van der Waals surface area contributed by atoms with Crippen LogP contribution in [0.4, 0.5) is 0 Å². The van der Waals surface area contributed by atoms with Crippen LogP contribution in [0.1, 0.15) is 5.69 Å². The summed E-state index contributed by atoms with van der Waals surface area (Å²) in [5.74, 6) is 1.02. The molecule has 34 heavy (non-hydrogen) atoms. The Morgan fingerprint density at radius 1 is 1.00 bits per heavy atom. The highest BCUT2D eigenvalue weighted by Gasteiger charge is 2.11. The Balaban J connectivity index is 1.34. The van der Waals surface area contributed by atoms with Crippen LogP contribution < -0.4 is 20.3 Å². The summed E-state index contributed by atoms with van der Waals surface area (Å²) in [6.07, 6.45) is 0.571. The van der Waals surface area contributed by atoms with E-state index in [4.69, 9.17) is 9.47 Å². The second-order valence-corrected chi connectivity index (χ2v) is 8.25. The number of aromatic nitrogens is 3. The maximum Gasteiger partial charge on any atom is 0.267 e. The first-order valence-corrected chi connectivity index (χ1v) is 11.5. The Kier molecular flexibility index (Phi) is 7.34. The fourth-order valence-electron chi connectivity index (χ4n) is 3.37. The minimum absolute atomic E-state index is 0.145. The van der Waals surface area contributed by atoms with Crippen LogP contribution in [0, 0.1) is 0 Å². The van der Waals surface area contributed by atoms with Gasteiger partial charge in [0.2, 0.25) is 5.91 Å². The number of methoxy groups -OCH3 is 2. The minimum atomic E-state index is -0.325. The van der Waals surface area contributed by atoms with Crippen LogP contribution in [0.15, 0.2) is 70.8 Å². The third kappa shape index (κ3) is 5.49. The third-order valence-corrected chi connectivity index (χ3v) is 6.06. The van der Waals surface area contributed by atoms with Crippen molar-refractivity contribution in [2.45, 2.75) is 13.0 Å². The molecular formula is C25H24N4O4S. The summed E-state index contributed by atoms with van der Waals surface area (Å²) < 4.78 is 11.8. The summed E-state index contributed by atoms with van der Waals surface area (Å²) in [4.78, 5) is 29.2. The minimum Gasteiger partial charge on any atom is -0.493 e. The summed E-state index contributed by atoms with van der Waals surface area (Å²) in [5.41, 5.74) is 3.00. The molecule has 1 amide bonds. The van der Waals surface area contributed by atoms with Crippen LogP contribution in [0.3, 0.4) is 0 Å². The first-order valence-electron chi connectivity index (χ1n) is 10.6. The predicted molar refractivity (Wildman–Crippen MR) is 131 cm³/mol. The first-order chi connectivity index (χ1) is 16.6. The lowest BCUT2D eigenvalue weighted by Gasteiger charge is -2.08. The van der Waals surface area contributed by atoms with Crippen molar-refractivity contribution >= 4 is 17.2 Å². The molecule has 1 N–H and O–H groups in total. The van der Waals surface area contributed by atoms with Crippen LogP contribution >= 0.6 is 11.3 Å². The van der Waals surface area contributed by atoms with Gasteiger partial charge in [-0.15, -0.1) is 11.3 Å². The third-order valence-electron chi connectivity index (χ3n) is 5.12. The van der Waals surface area contributed by atoms with Crippen LogP contribution in [0.25, 0.3) is 21.8 Å². The van der Waals surface area contributed by atoms with Crippen molar-refractivity contribution in [3.8, 4) is 33.3 Å². The van der Waals surface area contributed by atoms with Crippen molar-refractivity contribution in [1.29, 1.82) is 0 Å². The van der Waals surface area contributed by atoms with E-state index in [1.54, 1.807) is 20.3 Å². The van der Waals surface area contributed by atoms with Crippen molar-refractivity contribution < 1.29 is 14.3 Å². The Morgan fingerprint density at radius 2 is 1.79 bits per heavy atom. The smallest absolute Gasteiger partial charge is 0.267 e. The molecule has 4 aromatic rings. The molecule has 0 saturated heterocycles. The van der Waals surface area contributed by atoms with Gasteiger partial charge in [-0.2, -0.15) is 5.10 Å². The molecule has 0 fully saturated rings. The number of hydrogen-bond donors (Lipinski definition) is 1. The predicted octanol–water partition coefficient (Wildman–Crippen LogP) is 3.41. The van der Waals surface area contributed by atoms with Gasteiger partial charge in [0.25, 0.3) is 5.56 Å². The molecule has 2 aromatic heterocycles. The summed E-state index contributed by atoms with van der Waals surface area (Å²) in [6.45, 7) is 0.258. The quantitative estimate of drug-likeness (QED) is 0.398. The van der Waals surface area contributed by atoms with Crippen LogP contribution in [0.2, 0.25) is 0 Å². The SMILES string of the molecule is COc1ccc(-c2nc(CCNC(=O)Cn3nc(-c4ccccc4)ccc3=O)cs2)cc1OC. The van der Waals surface area contributed by atoms with Gasteiger partial charge in [-0.25, -0.2) is 9.67 Å². The number of hydrogen-bond acceptors (Lipinski definition) is 7. The van der Waals surface area contributed by atoms with Crippen molar-refractivity contribution in [2.24, 2.45) is 0 Å². The molecular weight excluding hydrogens is 452 g/mol. The number of carbonyl (C=O) groups is 1. The summed E-state index contributed by atoms with van der Waals surface area (Å²) in [5, 5.41) is 9.99. The molecule has 0 aliphatic carbocycles. The topological polar surface area (TPSA) is 95.3 Å². The summed E-state index contributed by atoms with van der Waals surface area (Å²) >= 11 is 1.52. The van der Waals surface area contributed by atoms with Gasteiger partial charge in [0.05, 0.1) is 25.6 Å². The highest BCUT2D eigenvalue weighted by molar-refractivity contribution is 7.13. The van der Waals surface area contributed by atoms with Gasteiger partial charge in [0.1, 0.15) is 11.6 Å². The molecule has 174 valence electrons. The number of amides is 1. The van der Waals surface area contributed by atoms with Crippen molar-refractivity contribution in [3.05, 3.63) is 82.1 Å². The van der Waals surface area contributed by atoms with E-state index >= 15 is 0 Å². The van der Waals surface area contributed by atoms with E-state index in [2.05, 4.69) is 15.4 Å². The lowest BCUT2D eigenvalue weighted by Crippen LogP contribution is -2.34. The van der Waals surface area contributed by atoms with Crippen molar-refractivity contribution in [2.75, 3.05) is 20.8 Å². The molecule has 0 bridgehead atoms. The standard InChI is InChI=1S/C25H24N4O4S/c1-32-21-10-8-18(14-22(21)33-2)25-27-19(16-34-25)12-13-26-23(30)15-29-24(31)11-9-20(28-29)17-6-4-3-5-7-17/h3-11,14,16H,12-13,15H2,1-2H3,(H,26,30). The molecule has 2 aromatic carbocycles. The summed E-state index contributed by atoms with van der Waals surface area (Å²) in [6, 6.07) is 18.3. The average molecular weight is 477 g/mol. The normalized spacial score (nSPS) is 10.6. The number of nitrogens with one attached hydrogen (secondary N) is 1. The van der Waals surface area contributed by atoms with E-state index in [0.717, 1.165) is 21.8 Å². The zero-order valence-corrected chi connectivity index (χ0v) is 19.7. The van der Waals surface area contributed by atoms with Gasteiger partial charge < -0.3 is 14.8 Å². The zero-order valence-electron chi connectivity index (χ0n) is 18.9. The molecule has 9 heteroatoms. The highest BCUT2D eigenvalue weighted by Crippen LogP contribution is 2.33. The molecule has 0 spiro atoms. The van der Waals surface area contributed by atoms with Gasteiger partial charge in [-0.05, 0) is 24.3 Å². The van der Waals surface area contributed by atoms with Crippen molar-refractivity contribution in [1.82, 2.24) is 20.1 Å². The Labute approximate surface area is 200 Å². The van der Waals surface area contributed by atoms with E-state index in [-0.39, 0.29) is 18.0 Å². The largest absolute Gasteiger partial charge is 0.493 e. The summed E-state index contributed by atoms with van der Waals surface area (Å²) in [7, 11) is 3.19. The van der Waals surface area contributed by atoms with E-state index in [9.17, 15) is 9.59 Å². The molecule has 0 aliphatic heterocycles. The zero-order chi connectivity index (χ0) is 23.9. The number of rotatable bonds is 9. The van der Waals surface area contributed by atoms with Crippen LogP contribution in [-0.2, 0) is 17.8 Å². The fourth-order valence-corrected chi connectivity index (χ4v) is 4.22. The second-order valence-electron chi connectivity index (χ2n) is 7.39. The van der Waals surface area contributed by atoms with Gasteiger partial charge in [0, 0.05) is 35.5 Å².